The van der Waals surface area contributed by atoms with Gasteiger partial charge in [-0.15, -0.1) is 0 Å². The molecule has 0 radical (unpaired) electrons. The number of nitrogens with one attached hydrogen (secondary N) is 2. The van der Waals surface area contributed by atoms with Crippen molar-refractivity contribution in [3.05, 3.63) is 43.0 Å². The third-order valence-corrected chi connectivity index (χ3v) is 3.60. The van der Waals surface area contributed by atoms with Gasteiger partial charge in [-0.1, -0.05) is 18.2 Å². The maximum absolute atomic E-state index is 12.2. The number of H-pyrrole nitrogens is 1. The fraction of sp³-hybridized carbons (Fsp3) is 0.294. The molecule has 0 bridgehead atoms. The zero-order chi connectivity index (χ0) is 17.6. The van der Waals surface area contributed by atoms with Crippen LogP contribution in [0.25, 0.3) is 11.2 Å². The average molecular weight is 340 g/mol. The summed E-state index contributed by atoms with van der Waals surface area (Å²) in [4.78, 5) is 29.4. The number of anilines is 1. The molecule has 0 aliphatic carbocycles. The third kappa shape index (κ3) is 4.23. The van der Waals surface area contributed by atoms with Crippen molar-refractivity contribution < 1.29 is 9.53 Å². The number of amides is 1. The van der Waals surface area contributed by atoms with Crippen molar-refractivity contribution in [2.75, 3.05) is 25.1 Å². The number of rotatable bonds is 7. The van der Waals surface area contributed by atoms with E-state index in [1.165, 1.54) is 6.33 Å². The second kappa shape index (κ2) is 7.61. The lowest BCUT2D eigenvalue weighted by molar-refractivity contribution is -0.120. The van der Waals surface area contributed by atoms with Crippen LogP contribution in [-0.2, 0) is 4.79 Å². The molecule has 1 amide bonds. The molecule has 8 heteroatoms. The van der Waals surface area contributed by atoms with Gasteiger partial charge in [0.2, 0.25) is 5.91 Å². The summed E-state index contributed by atoms with van der Waals surface area (Å²) in [5.74, 6) is 1.30. The molecule has 1 atom stereocenters. The van der Waals surface area contributed by atoms with Crippen LogP contribution >= 0.6 is 0 Å². The fourth-order valence-corrected chi connectivity index (χ4v) is 2.43. The molecule has 130 valence electrons. The van der Waals surface area contributed by atoms with Crippen LogP contribution in [0.3, 0.4) is 0 Å². The van der Waals surface area contributed by atoms with Crippen molar-refractivity contribution >= 4 is 22.9 Å². The van der Waals surface area contributed by atoms with Gasteiger partial charge in [0.1, 0.15) is 24.2 Å². The fourth-order valence-electron chi connectivity index (χ4n) is 2.43. The summed E-state index contributed by atoms with van der Waals surface area (Å²) in [6, 6.07) is 9.40. The molecule has 1 unspecified atom stereocenters. The Hall–Kier alpha value is -3.16. The number of ether oxygens (including phenoxy) is 1. The number of hydrogen-bond acceptors (Lipinski definition) is 6. The molecule has 2 N–H and O–H groups in total. The lowest BCUT2D eigenvalue weighted by Gasteiger charge is -2.20. The molecule has 0 aliphatic heterocycles. The van der Waals surface area contributed by atoms with Crippen molar-refractivity contribution in [1.29, 1.82) is 0 Å². The summed E-state index contributed by atoms with van der Waals surface area (Å²) in [7, 11) is 1.80. The van der Waals surface area contributed by atoms with E-state index in [2.05, 4.69) is 25.3 Å². The Kier molecular flexibility index (Phi) is 5.08. The molecule has 2 heterocycles. The van der Waals surface area contributed by atoms with E-state index >= 15 is 0 Å². The van der Waals surface area contributed by atoms with Gasteiger partial charge in [0.25, 0.3) is 0 Å². The second-order valence-corrected chi connectivity index (χ2v) is 5.75. The van der Waals surface area contributed by atoms with E-state index < -0.39 is 0 Å². The standard InChI is InChI=1S/C17H20N6O2/c1-12(9-25-13-6-4-3-5-7-13)22-14(24)8-23(2)17-15-16(19-10-18-15)20-11-21-17/h3-7,10-12H,8-9H2,1-2H3,(H,22,24)(H,18,19,20,21). The number of para-hydroxylation sites is 1. The molecule has 1 aromatic carbocycles. The number of nitrogens with zero attached hydrogens (tertiary/aromatic N) is 4. The summed E-state index contributed by atoms with van der Waals surface area (Å²) < 4.78 is 5.64. The van der Waals surface area contributed by atoms with Crippen molar-refractivity contribution in [3.63, 3.8) is 0 Å². The molecule has 0 aliphatic rings. The lowest BCUT2D eigenvalue weighted by atomic mass is 10.3. The molecule has 2 aromatic heterocycles. The first-order valence-electron chi connectivity index (χ1n) is 7.96. The number of imidazole rings is 1. The topological polar surface area (TPSA) is 96.0 Å². The molecular weight excluding hydrogens is 320 g/mol. The Morgan fingerprint density at radius 3 is 2.88 bits per heavy atom. The molecule has 25 heavy (non-hydrogen) atoms. The van der Waals surface area contributed by atoms with E-state index in [0.29, 0.717) is 23.6 Å². The van der Waals surface area contributed by atoms with Crippen molar-refractivity contribution in [2.45, 2.75) is 13.0 Å². The zero-order valence-electron chi connectivity index (χ0n) is 14.1. The van der Waals surface area contributed by atoms with Crippen LogP contribution in [-0.4, -0.2) is 52.1 Å². The third-order valence-electron chi connectivity index (χ3n) is 3.60. The first kappa shape index (κ1) is 16.7. The van der Waals surface area contributed by atoms with E-state index in [0.717, 1.165) is 5.75 Å². The predicted molar refractivity (Wildman–Crippen MR) is 94.5 cm³/mol. The number of carbonyl (C=O) groups is 1. The summed E-state index contributed by atoms with van der Waals surface area (Å²) >= 11 is 0. The molecule has 8 nitrogen and oxygen atoms in total. The van der Waals surface area contributed by atoms with Crippen molar-refractivity contribution in [3.8, 4) is 5.75 Å². The van der Waals surface area contributed by atoms with Gasteiger partial charge in [0, 0.05) is 7.05 Å². The van der Waals surface area contributed by atoms with Crippen LogP contribution in [0.1, 0.15) is 6.92 Å². The van der Waals surface area contributed by atoms with E-state index in [1.807, 2.05) is 37.3 Å². The summed E-state index contributed by atoms with van der Waals surface area (Å²) in [6.45, 7) is 2.47. The quantitative estimate of drug-likeness (QED) is 0.674. The molecule has 3 rings (SSSR count). The van der Waals surface area contributed by atoms with Gasteiger partial charge >= 0.3 is 0 Å². The highest BCUT2D eigenvalue weighted by Gasteiger charge is 2.15. The van der Waals surface area contributed by atoms with Gasteiger partial charge < -0.3 is 19.9 Å². The maximum atomic E-state index is 12.2. The zero-order valence-corrected chi connectivity index (χ0v) is 14.1. The highest BCUT2D eigenvalue weighted by atomic mass is 16.5. The number of aromatic nitrogens is 4. The van der Waals surface area contributed by atoms with Crippen LogP contribution in [0.5, 0.6) is 5.75 Å². The Bertz CT molecular complexity index is 835. The van der Waals surface area contributed by atoms with Gasteiger partial charge in [0.15, 0.2) is 11.5 Å². The summed E-state index contributed by atoms with van der Waals surface area (Å²) in [5, 5.41) is 2.92. The van der Waals surface area contributed by atoms with Crippen LogP contribution in [0.2, 0.25) is 0 Å². The largest absolute Gasteiger partial charge is 0.491 e. The molecule has 0 fully saturated rings. The van der Waals surface area contributed by atoms with Crippen LogP contribution in [0, 0.1) is 0 Å². The van der Waals surface area contributed by atoms with E-state index in [4.69, 9.17) is 4.74 Å². The van der Waals surface area contributed by atoms with Gasteiger partial charge in [-0.05, 0) is 19.1 Å². The number of hydrogen-bond donors (Lipinski definition) is 2. The Balaban J connectivity index is 1.52. The first-order chi connectivity index (χ1) is 12.1. The highest BCUT2D eigenvalue weighted by molar-refractivity contribution is 5.87. The maximum Gasteiger partial charge on any atom is 0.239 e. The smallest absolute Gasteiger partial charge is 0.239 e. The van der Waals surface area contributed by atoms with Gasteiger partial charge in [-0.3, -0.25) is 4.79 Å². The van der Waals surface area contributed by atoms with Gasteiger partial charge in [0.05, 0.1) is 18.9 Å². The highest BCUT2D eigenvalue weighted by Crippen LogP contribution is 2.17. The number of benzene rings is 1. The Labute approximate surface area is 145 Å². The van der Waals surface area contributed by atoms with Crippen molar-refractivity contribution in [1.82, 2.24) is 25.3 Å². The number of carbonyl (C=O) groups excluding carboxylic acids is 1. The van der Waals surface area contributed by atoms with E-state index in [9.17, 15) is 4.79 Å². The predicted octanol–water partition coefficient (Wildman–Crippen LogP) is 1.37. The lowest BCUT2D eigenvalue weighted by Crippen LogP contribution is -2.42. The second-order valence-electron chi connectivity index (χ2n) is 5.75. The number of fused-ring (bicyclic) bond motifs is 1. The van der Waals surface area contributed by atoms with Crippen LogP contribution in [0.15, 0.2) is 43.0 Å². The monoisotopic (exact) mass is 340 g/mol. The molecule has 3 aromatic rings. The van der Waals surface area contributed by atoms with Gasteiger partial charge in [-0.25, -0.2) is 15.0 Å². The minimum Gasteiger partial charge on any atom is -0.491 e. The molecular formula is C17H20N6O2. The first-order valence-corrected chi connectivity index (χ1v) is 7.96. The van der Waals surface area contributed by atoms with E-state index in [-0.39, 0.29) is 18.5 Å². The van der Waals surface area contributed by atoms with E-state index in [1.54, 1.807) is 18.3 Å². The molecule has 0 spiro atoms. The van der Waals surface area contributed by atoms with Crippen LogP contribution in [0.4, 0.5) is 5.82 Å². The number of likely N-dealkylation sites (N-methyl/N-ethyl adjacent to an activating group) is 1. The Morgan fingerprint density at radius 2 is 2.08 bits per heavy atom. The molecule has 0 saturated heterocycles. The average Bonchev–Trinajstić information content (AvgIpc) is 3.09. The van der Waals surface area contributed by atoms with Gasteiger partial charge in [-0.2, -0.15) is 0 Å². The number of aromatic amines is 1. The summed E-state index contributed by atoms with van der Waals surface area (Å²) in [5.41, 5.74) is 1.28. The summed E-state index contributed by atoms with van der Waals surface area (Å²) in [6.07, 6.45) is 2.99. The minimum absolute atomic E-state index is 0.112. The normalized spacial score (nSPS) is 11.9. The van der Waals surface area contributed by atoms with Crippen molar-refractivity contribution in [2.24, 2.45) is 0 Å². The SMILES string of the molecule is CC(COc1ccccc1)NC(=O)CN(C)c1ncnc2nc[nH]c12. The molecule has 0 saturated carbocycles. The Morgan fingerprint density at radius 1 is 1.28 bits per heavy atom. The minimum atomic E-state index is -0.113. The van der Waals surface area contributed by atoms with Crippen LogP contribution < -0.4 is 15.0 Å².